The number of fused-ring (bicyclic) bond motifs is 1. The number of ether oxygens (including phenoxy) is 1. The van der Waals surface area contributed by atoms with Crippen LogP contribution in [-0.2, 0) is 19.6 Å². The molecule has 0 atom stereocenters. The van der Waals surface area contributed by atoms with E-state index in [-0.39, 0.29) is 47.8 Å². The number of hydrogen-bond donors (Lipinski definition) is 2. The summed E-state index contributed by atoms with van der Waals surface area (Å²) in [5, 5.41) is 9.44. The maximum atomic E-state index is 15.4. The van der Waals surface area contributed by atoms with Gasteiger partial charge in [0.2, 0.25) is 5.88 Å². The number of aromatic carboxylic acids is 1. The molecule has 0 aliphatic heterocycles. The predicted octanol–water partition coefficient (Wildman–Crippen LogP) is 6.43. The third kappa shape index (κ3) is 6.28. The molecule has 7 nitrogen and oxygen atoms in total. The molecule has 0 saturated carbocycles. The minimum atomic E-state index is -1.09. The van der Waals surface area contributed by atoms with Gasteiger partial charge in [-0.05, 0) is 74.4 Å². The van der Waals surface area contributed by atoms with E-state index in [9.17, 15) is 14.3 Å². The van der Waals surface area contributed by atoms with Gasteiger partial charge in [0, 0.05) is 35.7 Å². The molecule has 3 aromatic carbocycles. The lowest BCUT2D eigenvalue weighted by molar-refractivity contribution is 0.0697. The van der Waals surface area contributed by atoms with Crippen LogP contribution >= 0.6 is 0 Å². The molecule has 0 radical (unpaired) electrons. The Hall–Kier alpha value is -4.70. The molecular formula is C32H29F3N4O3. The Morgan fingerprint density at radius 3 is 2.43 bits per heavy atom. The summed E-state index contributed by atoms with van der Waals surface area (Å²) >= 11 is 0. The second kappa shape index (κ2) is 11.3. The van der Waals surface area contributed by atoms with Gasteiger partial charge in [-0.25, -0.2) is 27.9 Å². The molecule has 42 heavy (non-hydrogen) atoms. The van der Waals surface area contributed by atoms with Gasteiger partial charge in [-0.1, -0.05) is 18.2 Å². The first kappa shape index (κ1) is 28.8. The van der Waals surface area contributed by atoms with Crippen LogP contribution in [0.3, 0.4) is 0 Å². The Kier molecular flexibility index (Phi) is 7.74. The first-order valence-corrected chi connectivity index (χ1v) is 13.2. The number of pyridine rings is 1. The van der Waals surface area contributed by atoms with E-state index in [2.05, 4.69) is 9.97 Å². The number of carboxylic acids is 1. The van der Waals surface area contributed by atoms with E-state index >= 15 is 8.78 Å². The molecule has 2 aromatic heterocycles. The average Bonchev–Trinajstić information content (AvgIpc) is 3.24. The van der Waals surface area contributed by atoms with Crippen LogP contribution in [0.15, 0.2) is 66.7 Å². The molecule has 0 unspecified atom stereocenters. The molecule has 3 N–H and O–H groups in total. The average molecular weight is 575 g/mol. The number of aryl methyl sites for hydroxylation is 1. The minimum Gasteiger partial charge on any atom is -0.478 e. The summed E-state index contributed by atoms with van der Waals surface area (Å²) in [5.41, 5.74) is 7.97. The number of halogens is 3. The second-order valence-corrected chi connectivity index (χ2v) is 11.0. The second-order valence-electron chi connectivity index (χ2n) is 11.0. The molecule has 0 aliphatic rings. The van der Waals surface area contributed by atoms with Crippen molar-refractivity contribution in [2.24, 2.45) is 5.73 Å². The van der Waals surface area contributed by atoms with Crippen LogP contribution in [0.2, 0.25) is 0 Å². The largest absolute Gasteiger partial charge is 0.478 e. The normalized spacial score (nSPS) is 11.7. The quantitative estimate of drug-likeness (QED) is 0.210. The lowest BCUT2D eigenvalue weighted by atomic mass is 10.0. The molecular weight excluding hydrogens is 545 g/mol. The van der Waals surface area contributed by atoms with Crippen molar-refractivity contribution >= 4 is 17.0 Å². The van der Waals surface area contributed by atoms with Crippen molar-refractivity contribution in [2.75, 3.05) is 0 Å². The third-order valence-electron chi connectivity index (χ3n) is 6.71. The summed E-state index contributed by atoms with van der Waals surface area (Å²) in [6, 6.07) is 16.1. The highest BCUT2D eigenvalue weighted by Crippen LogP contribution is 2.29. The number of rotatable bonds is 9. The van der Waals surface area contributed by atoms with E-state index < -0.39 is 29.0 Å². The molecule has 0 spiro atoms. The Balaban J connectivity index is 1.43. The molecule has 0 amide bonds. The molecule has 5 aromatic rings. The van der Waals surface area contributed by atoms with Crippen LogP contribution < -0.4 is 10.5 Å². The van der Waals surface area contributed by atoms with Crippen molar-refractivity contribution in [1.82, 2.24) is 14.5 Å². The van der Waals surface area contributed by atoms with Crippen LogP contribution in [0.4, 0.5) is 13.2 Å². The summed E-state index contributed by atoms with van der Waals surface area (Å²) in [6.07, 6.45) is -0.0606. The first-order valence-electron chi connectivity index (χ1n) is 13.2. The summed E-state index contributed by atoms with van der Waals surface area (Å²) in [6.45, 7) is 5.59. The number of nitrogens with two attached hydrogens (primary N) is 1. The zero-order valence-electron chi connectivity index (χ0n) is 23.3. The molecule has 0 fully saturated rings. The van der Waals surface area contributed by atoms with E-state index in [1.165, 1.54) is 24.3 Å². The Bertz CT molecular complexity index is 1810. The van der Waals surface area contributed by atoms with Crippen molar-refractivity contribution in [1.29, 1.82) is 0 Å². The van der Waals surface area contributed by atoms with E-state index in [1.807, 2.05) is 0 Å². The van der Waals surface area contributed by atoms with Crippen molar-refractivity contribution in [3.05, 3.63) is 112 Å². The van der Waals surface area contributed by atoms with Gasteiger partial charge in [0.25, 0.3) is 0 Å². The molecule has 0 saturated heterocycles. The zero-order valence-corrected chi connectivity index (χ0v) is 23.3. The summed E-state index contributed by atoms with van der Waals surface area (Å²) < 4.78 is 52.4. The van der Waals surface area contributed by atoms with E-state index in [0.717, 1.165) is 17.7 Å². The van der Waals surface area contributed by atoms with Crippen LogP contribution in [0.25, 0.3) is 22.3 Å². The van der Waals surface area contributed by atoms with Gasteiger partial charge in [0.15, 0.2) is 0 Å². The Labute approximate surface area is 240 Å². The van der Waals surface area contributed by atoms with E-state index in [1.54, 1.807) is 55.7 Å². The number of aromatic nitrogens is 3. The predicted molar refractivity (Wildman–Crippen MR) is 153 cm³/mol. The Morgan fingerprint density at radius 2 is 1.71 bits per heavy atom. The maximum Gasteiger partial charge on any atom is 0.335 e. The van der Waals surface area contributed by atoms with Crippen molar-refractivity contribution < 1.29 is 27.8 Å². The van der Waals surface area contributed by atoms with E-state index in [4.69, 9.17) is 10.5 Å². The topological polar surface area (TPSA) is 103 Å². The van der Waals surface area contributed by atoms with Gasteiger partial charge in [-0.3, -0.25) is 0 Å². The smallest absolute Gasteiger partial charge is 0.335 e. The monoisotopic (exact) mass is 574 g/mol. The Morgan fingerprint density at radius 1 is 0.952 bits per heavy atom. The number of hydrogen-bond acceptors (Lipinski definition) is 5. The van der Waals surface area contributed by atoms with Crippen LogP contribution in [-0.4, -0.2) is 31.1 Å². The van der Waals surface area contributed by atoms with Gasteiger partial charge in [-0.15, -0.1) is 0 Å². The molecule has 5 rings (SSSR count). The molecule has 2 heterocycles. The van der Waals surface area contributed by atoms with Crippen molar-refractivity contribution in [3.8, 4) is 17.1 Å². The van der Waals surface area contributed by atoms with Gasteiger partial charge in [-0.2, -0.15) is 0 Å². The number of carboxylic acid groups (broad SMARTS) is 1. The highest BCUT2D eigenvalue weighted by atomic mass is 19.1. The van der Waals surface area contributed by atoms with Gasteiger partial charge in [0.1, 0.15) is 29.9 Å². The van der Waals surface area contributed by atoms with Crippen LogP contribution in [0.5, 0.6) is 5.88 Å². The van der Waals surface area contributed by atoms with Gasteiger partial charge >= 0.3 is 5.97 Å². The lowest BCUT2D eigenvalue weighted by Gasteiger charge is -2.21. The fourth-order valence-electron chi connectivity index (χ4n) is 4.68. The standard InChI is InChI=1S/C32H29F3N4O3/c1-18-7-8-20(23(33)11-18)16-42-30-6-4-5-26(38-30)22-15-24(34)21(12-25(22)35)14-29-37-27-10-9-19(31(40)41)13-28(27)39(29)17-32(2,3)36/h4-13,15H,14,16-17,36H2,1-3H3,(H,40,41). The van der Waals surface area contributed by atoms with Gasteiger partial charge in [0.05, 0.1) is 22.3 Å². The highest BCUT2D eigenvalue weighted by Gasteiger charge is 2.21. The molecule has 10 heteroatoms. The van der Waals surface area contributed by atoms with Crippen LogP contribution in [0, 0.1) is 24.4 Å². The lowest BCUT2D eigenvalue weighted by Crippen LogP contribution is -2.37. The number of benzene rings is 3. The highest BCUT2D eigenvalue weighted by molar-refractivity contribution is 5.92. The first-order chi connectivity index (χ1) is 19.9. The minimum absolute atomic E-state index is 0.0587. The summed E-state index contributed by atoms with van der Waals surface area (Å²) in [5.74, 6) is -2.31. The molecule has 0 aliphatic carbocycles. The summed E-state index contributed by atoms with van der Waals surface area (Å²) in [7, 11) is 0. The number of nitrogens with zero attached hydrogens (tertiary/aromatic N) is 3. The number of imidazole rings is 1. The van der Waals surface area contributed by atoms with Crippen molar-refractivity contribution in [2.45, 2.75) is 45.9 Å². The third-order valence-corrected chi connectivity index (χ3v) is 6.71. The summed E-state index contributed by atoms with van der Waals surface area (Å²) in [4.78, 5) is 20.4. The fourth-order valence-corrected chi connectivity index (χ4v) is 4.68. The van der Waals surface area contributed by atoms with Gasteiger partial charge < -0.3 is 20.1 Å². The zero-order chi connectivity index (χ0) is 30.2. The van der Waals surface area contributed by atoms with Crippen LogP contribution in [0.1, 0.15) is 46.7 Å². The molecule has 0 bridgehead atoms. The fraction of sp³-hybridized carbons (Fsp3) is 0.219. The van der Waals surface area contributed by atoms with Crippen molar-refractivity contribution in [3.63, 3.8) is 0 Å². The maximum absolute atomic E-state index is 15.4. The SMILES string of the molecule is Cc1ccc(COc2cccc(-c3cc(F)c(Cc4nc5ccc(C(=O)O)cc5n4CC(C)(C)N)cc3F)n2)c(F)c1. The van der Waals surface area contributed by atoms with E-state index in [0.29, 0.717) is 22.4 Å². The number of carbonyl (C=O) groups is 1. The molecule has 216 valence electrons.